The van der Waals surface area contributed by atoms with Gasteiger partial charge in [0.25, 0.3) is 0 Å². The Kier molecular flexibility index (Phi) is 7.58. The second-order valence-corrected chi connectivity index (χ2v) is 10.8. The van der Waals surface area contributed by atoms with Crippen LogP contribution in [0, 0.1) is 5.82 Å². The first-order chi connectivity index (χ1) is 22.0. The first-order valence-electron chi connectivity index (χ1n) is 14.4. The summed E-state index contributed by atoms with van der Waals surface area (Å²) in [6.45, 7) is 1.59. The molecule has 0 unspecified atom stereocenters. The Labute approximate surface area is 257 Å². The lowest BCUT2D eigenvalue weighted by atomic mass is 10.1. The molecule has 224 valence electrons. The molecule has 7 aromatic rings. The van der Waals surface area contributed by atoms with Gasteiger partial charge in [-0.25, -0.2) is 14.4 Å². The minimum absolute atomic E-state index is 0.414. The molecule has 11 heteroatoms. The zero-order valence-corrected chi connectivity index (χ0v) is 24.7. The predicted molar refractivity (Wildman–Crippen MR) is 170 cm³/mol. The number of pyridine rings is 3. The van der Waals surface area contributed by atoms with Gasteiger partial charge in [-0.05, 0) is 50.0 Å². The number of aromatic nitrogens is 7. The Hall–Kier alpha value is -5.68. The number of nitrogens with zero attached hydrogens (tertiary/aromatic N) is 6. The first kappa shape index (κ1) is 28.1. The fourth-order valence-corrected chi connectivity index (χ4v) is 5.03. The minimum atomic E-state index is -0.414. The van der Waals surface area contributed by atoms with Crippen LogP contribution in [0.1, 0.15) is 5.56 Å². The molecule has 0 radical (unpaired) electrons. The molecule has 7 rings (SSSR count). The topological polar surface area (TPSA) is 118 Å². The normalized spacial score (nSPS) is 11.5. The molecule has 10 nitrogen and oxygen atoms in total. The van der Waals surface area contributed by atoms with E-state index in [-0.39, 0.29) is 0 Å². The molecule has 0 saturated carbocycles. The van der Waals surface area contributed by atoms with Crippen LogP contribution in [0.3, 0.4) is 0 Å². The van der Waals surface area contributed by atoms with E-state index in [1.165, 1.54) is 12.1 Å². The molecule has 0 aliphatic carbocycles. The van der Waals surface area contributed by atoms with Crippen molar-refractivity contribution in [1.82, 2.24) is 40.0 Å². The number of ether oxygens (including phenoxy) is 2. The van der Waals surface area contributed by atoms with Crippen molar-refractivity contribution < 1.29 is 13.9 Å². The summed E-state index contributed by atoms with van der Waals surface area (Å²) in [6, 6.07) is 20.3. The van der Waals surface area contributed by atoms with Gasteiger partial charge in [0.2, 0.25) is 0 Å². The minimum Gasteiger partial charge on any atom is -0.492 e. The number of nitrogens with one attached hydrogen (secondary N) is 2. The van der Waals surface area contributed by atoms with E-state index in [1.807, 2.05) is 67.5 Å². The summed E-state index contributed by atoms with van der Waals surface area (Å²) in [5.41, 5.74) is 6.41. The molecule has 0 fully saturated rings. The lowest BCUT2D eigenvalue weighted by molar-refractivity contribution is 0.260. The smallest absolute Gasteiger partial charge is 0.159 e. The molecule has 5 aromatic heterocycles. The molecular weight excluding hydrogens is 571 g/mol. The van der Waals surface area contributed by atoms with Crippen molar-refractivity contribution in [1.29, 1.82) is 0 Å². The number of halogens is 1. The van der Waals surface area contributed by atoms with Gasteiger partial charge in [0.05, 0.1) is 22.8 Å². The van der Waals surface area contributed by atoms with Crippen LogP contribution in [-0.4, -0.2) is 67.3 Å². The van der Waals surface area contributed by atoms with Gasteiger partial charge >= 0.3 is 0 Å². The van der Waals surface area contributed by atoms with Gasteiger partial charge in [0, 0.05) is 47.9 Å². The zero-order chi connectivity index (χ0) is 30.8. The standard InChI is InChI=1S/C34H29FN8O2/c1-43(2)10-11-44-26-13-22(12-25(35)16-26)30-32-29(8-9-37-30)39-34(40-32)31-28-15-24(18-38-33(28)42-41-31)23-14-27(19-36-17-23)45-20-21-6-4-3-5-7-21/h3-9,12-19H,10-11,20H2,1-2H3,(H,39,40)(H,38,41,42). The molecular formula is C34H29FN8O2. The third kappa shape index (κ3) is 6.06. The number of aromatic amines is 2. The van der Waals surface area contributed by atoms with Crippen molar-refractivity contribution in [3.05, 3.63) is 103 Å². The van der Waals surface area contributed by atoms with Gasteiger partial charge in [0.15, 0.2) is 11.5 Å². The molecule has 2 aromatic carbocycles. The van der Waals surface area contributed by atoms with Crippen LogP contribution in [0.2, 0.25) is 0 Å². The molecule has 0 aliphatic rings. The number of hydrogen-bond donors (Lipinski definition) is 2. The maximum absolute atomic E-state index is 14.6. The van der Waals surface area contributed by atoms with Crippen LogP contribution in [0.25, 0.3) is 56.0 Å². The lowest BCUT2D eigenvalue weighted by Crippen LogP contribution is -2.19. The molecule has 0 amide bonds. The van der Waals surface area contributed by atoms with Gasteiger partial charge in [0.1, 0.15) is 41.7 Å². The highest BCUT2D eigenvalue weighted by Crippen LogP contribution is 2.33. The van der Waals surface area contributed by atoms with E-state index in [0.717, 1.165) is 27.6 Å². The van der Waals surface area contributed by atoms with E-state index in [1.54, 1.807) is 30.9 Å². The maximum atomic E-state index is 14.6. The highest BCUT2D eigenvalue weighted by atomic mass is 19.1. The summed E-state index contributed by atoms with van der Waals surface area (Å²) >= 11 is 0. The summed E-state index contributed by atoms with van der Waals surface area (Å²) in [5, 5.41) is 8.31. The van der Waals surface area contributed by atoms with Crippen molar-refractivity contribution in [2.24, 2.45) is 0 Å². The Morgan fingerprint density at radius 3 is 2.53 bits per heavy atom. The van der Waals surface area contributed by atoms with Gasteiger partial charge in [-0.3, -0.25) is 15.1 Å². The monoisotopic (exact) mass is 600 g/mol. The number of rotatable bonds is 10. The first-order valence-corrected chi connectivity index (χ1v) is 14.4. The number of fused-ring (bicyclic) bond motifs is 2. The molecule has 0 saturated heterocycles. The average molecular weight is 601 g/mol. The number of imidazole rings is 1. The van der Waals surface area contributed by atoms with Crippen LogP contribution in [0.4, 0.5) is 4.39 Å². The zero-order valence-electron chi connectivity index (χ0n) is 24.7. The number of H-pyrrole nitrogens is 2. The largest absolute Gasteiger partial charge is 0.492 e. The van der Waals surface area contributed by atoms with E-state index in [0.29, 0.717) is 65.2 Å². The van der Waals surface area contributed by atoms with Crippen LogP contribution in [0.5, 0.6) is 11.5 Å². The Balaban J connectivity index is 1.20. The van der Waals surface area contributed by atoms with E-state index >= 15 is 0 Å². The second kappa shape index (κ2) is 12.1. The molecule has 45 heavy (non-hydrogen) atoms. The van der Waals surface area contributed by atoms with Gasteiger partial charge in [-0.2, -0.15) is 5.10 Å². The summed E-state index contributed by atoms with van der Waals surface area (Å²) < 4.78 is 26.4. The van der Waals surface area contributed by atoms with Crippen molar-refractivity contribution >= 4 is 22.1 Å². The number of hydrogen-bond acceptors (Lipinski definition) is 8. The van der Waals surface area contributed by atoms with E-state index < -0.39 is 5.82 Å². The average Bonchev–Trinajstić information content (AvgIpc) is 3.68. The Morgan fingerprint density at radius 1 is 0.822 bits per heavy atom. The Bertz CT molecular complexity index is 2110. The van der Waals surface area contributed by atoms with E-state index in [2.05, 4.69) is 30.1 Å². The molecule has 5 heterocycles. The molecule has 0 spiro atoms. The van der Waals surface area contributed by atoms with Gasteiger partial charge in [-0.1, -0.05) is 30.3 Å². The van der Waals surface area contributed by atoms with Crippen molar-refractivity contribution in [2.45, 2.75) is 6.61 Å². The SMILES string of the molecule is CN(C)CCOc1cc(F)cc(-c2nccc3[nH]c(-c4n[nH]c5ncc(-c6cncc(OCc7ccccc7)c6)cc45)nc23)c1. The number of likely N-dealkylation sites (N-methyl/N-ethyl adjacent to an activating group) is 1. The molecule has 0 atom stereocenters. The fraction of sp³-hybridized carbons (Fsp3) is 0.147. The summed E-state index contributed by atoms with van der Waals surface area (Å²) in [6.07, 6.45) is 6.90. The third-order valence-electron chi connectivity index (χ3n) is 7.29. The van der Waals surface area contributed by atoms with Crippen molar-refractivity contribution in [3.8, 4) is 45.4 Å². The number of benzene rings is 2. The quantitative estimate of drug-likeness (QED) is 0.188. The second-order valence-electron chi connectivity index (χ2n) is 10.8. The van der Waals surface area contributed by atoms with Gasteiger partial charge < -0.3 is 19.4 Å². The predicted octanol–water partition coefficient (Wildman–Crippen LogP) is 6.28. The lowest BCUT2D eigenvalue weighted by Gasteiger charge is -2.12. The van der Waals surface area contributed by atoms with Gasteiger partial charge in [-0.15, -0.1) is 0 Å². The molecule has 0 bridgehead atoms. The van der Waals surface area contributed by atoms with Crippen molar-refractivity contribution in [2.75, 3.05) is 27.2 Å². The summed E-state index contributed by atoms with van der Waals surface area (Å²) in [5.74, 6) is 1.20. The fourth-order valence-electron chi connectivity index (χ4n) is 5.03. The molecule has 2 N–H and O–H groups in total. The van der Waals surface area contributed by atoms with E-state index in [4.69, 9.17) is 14.5 Å². The third-order valence-corrected chi connectivity index (χ3v) is 7.29. The highest BCUT2D eigenvalue weighted by molar-refractivity contribution is 5.96. The Morgan fingerprint density at radius 2 is 1.67 bits per heavy atom. The van der Waals surface area contributed by atoms with Crippen LogP contribution in [-0.2, 0) is 6.61 Å². The summed E-state index contributed by atoms with van der Waals surface area (Å²) in [4.78, 5) is 23.8. The van der Waals surface area contributed by atoms with E-state index in [9.17, 15) is 4.39 Å². The molecule has 0 aliphatic heterocycles. The highest BCUT2D eigenvalue weighted by Gasteiger charge is 2.18. The summed E-state index contributed by atoms with van der Waals surface area (Å²) in [7, 11) is 3.91. The van der Waals surface area contributed by atoms with Crippen LogP contribution >= 0.6 is 0 Å². The van der Waals surface area contributed by atoms with Crippen molar-refractivity contribution in [3.63, 3.8) is 0 Å². The van der Waals surface area contributed by atoms with Crippen LogP contribution in [0.15, 0.2) is 91.5 Å². The van der Waals surface area contributed by atoms with Crippen LogP contribution < -0.4 is 9.47 Å². The maximum Gasteiger partial charge on any atom is 0.159 e.